The van der Waals surface area contributed by atoms with Crippen molar-refractivity contribution in [3.05, 3.63) is 58.2 Å². The number of imide groups is 1. The molecular formula is C20H17F6NO4. The normalized spacial score (nSPS) is 10.7. The lowest BCUT2D eigenvalue weighted by molar-refractivity contribution is 0.0606. The Hall–Kier alpha value is -3.24. The molecule has 168 valence electrons. The van der Waals surface area contributed by atoms with Crippen molar-refractivity contribution < 1.29 is 45.4 Å². The molecule has 0 radical (unpaired) electrons. The van der Waals surface area contributed by atoms with Gasteiger partial charge in [-0.2, -0.15) is 8.78 Å². The lowest BCUT2D eigenvalue weighted by atomic mass is 10.1. The van der Waals surface area contributed by atoms with Crippen LogP contribution in [0.1, 0.15) is 40.5 Å². The number of carbonyl (C=O) groups excluding carboxylic acids is 2. The van der Waals surface area contributed by atoms with Crippen molar-refractivity contribution >= 4 is 11.8 Å². The van der Waals surface area contributed by atoms with Crippen molar-refractivity contribution in [2.75, 3.05) is 20.8 Å². The first kappa shape index (κ1) is 24.0. The summed E-state index contributed by atoms with van der Waals surface area (Å²) < 4.78 is 92.9. The first-order valence-electron chi connectivity index (χ1n) is 8.89. The Kier molecular flexibility index (Phi) is 7.53. The molecule has 0 heterocycles. The van der Waals surface area contributed by atoms with Crippen molar-refractivity contribution in [1.29, 1.82) is 0 Å². The standard InChI is InChI=1S/C20H17F6NO4/c1-4-5-6-27(19(28)9-7-11(21)15(25)17(30-2)13(9)23)20(29)10-8-12(22)16(26)18(31-3)14(10)24/h7-8H,4-6H2,1-3H3. The number of methoxy groups -OCH3 is 2. The van der Waals surface area contributed by atoms with E-state index in [2.05, 4.69) is 9.47 Å². The van der Waals surface area contributed by atoms with E-state index < -0.39 is 75.9 Å². The van der Waals surface area contributed by atoms with E-state index in [0.717, 1.165) is 14.2 Å². The van der Waals surface area contributed by atoms with Gasteiger partial charge in [0.2, 0.25) is 11.6 Å². The largest absolute Gasteiger partial charge is 0.491 e. The molecule has 0 unspecified atom stereocenters. The number of hydrogen-bond acceptors (Lipinski definition) is 4. The van der Waals surface area contributed by atoms with Crippen LogP contribution in [-0.2, 0) is 0 Å². The molecule has 2 aromatic rings. The summed E-state index contributed by atoms with van der Waals surface area (Å²) in [5.74, 6) is -15.2. The van der Waals surface area contributed by atoms with E-state index in [1.165, 1.54) is 0 Å². The third kappa shape index (κ3) is 4.44. The Balaban J connectivity index is 2.62. The molecule has 0 bridgehead atoms. The van der Waals surface area contributed by atoms with Crippen LogP contribution >= 0.6 is 0 Å². The van der Waals surface area contributed by atoms with Crippen molar-refractivity contribution in [2.45, 2.75) is 19.8 Å². The molecule has 0 fully saturated rings. The van der Waals surface area contributed by atoms with Crippen molar-refractivity contribution in [3.8, 4) is 11.5 Å². The molecule has 0 aliphatic rings. The maximum atomic E-state index is 14.5. The predicted molar refractivity (Wildman–Crippen MR) is 96.0 cm³/mol. The number of halogens is 6. The van der Waals surface area contributed by atoms with Crippen LogP contribution in [0, 0.1) is 34.9 Å². The monoisotopic (exact) mass is 449 g/mol. The lowest BCUT2D eigenvalue weighted by Gasteiger charge is -2.22. The number of unbranched alkanes of at least 4 members (excludes halogenated alkanes) is 1. The Morgan fingerprint density at radius 2 is 1.16 bits per heavy atom. The molecule has 11 heteroatoms. The summed E-state index contributed by atoms with van der Waals surface area (Å²) in [5.41, 5.74) is -2.15. The van der Waals surface area contributed by atoms with Gasteiger partial charge in [-0.25, -0.2) is 17.6 Å². The van der Waals surface area contributed by atoms with Gasteiger partial charge in [0.1, 0.15) is 0 Å². The molecule has 0 N–H and O–H groups in total. The number of benzene rings is 2. The average molecular weight is 449 g/mol. The number of ether oxygens (including phenoxy) is 2. The van der Waals surface area contributed by atoms with Gasteiger partial charge >= 0.3 is 0 Å². The number of nitrogens with zero attached hydrogens (tertiary/aromatic N) is 1. The molecular weight excluding hydrogens is 432 g/mol. The van der Waals surface area contributed by atoms with Gasteiger partial charge in [-0.3, -0.25) is 14.5 Å². The molecule has 0 saturated carbocycles. The molecule has 2 aromatic carbocycles. The zero-order valence-electron chi connectivity index (χ0n) is 16.6. The first-order valence-corrected chi connectivity index (χ1v) is 8.89. The molecule has 0 aliphatic carbocycles. The highest BCUT2D eigenvalue weighted by atomic mass is 19.2. The number of amides is 2. The molecule has 0 atom stereocenters. The maximum absolute atomic E-state index is 14.5. The SMILES string of the molecule is CCCCN(C(=O)c1cc(F)c(F)c(OC)c1F)C(=O)c1cc(F)c(F)c(OC)c1F. The third-order valence-electron chi connectivity index (χ3n) is 4.33. The Morgan fingerprint density at radius 1 is 0.774 bits per heavy atom. The predicted octanol–water partition coefficient (Wildman–Crippen LogP) is 4.62. The summed E-state index contributed by atoms with van der Waals surface area (Å²) in [4.78, 5) is 26.0. The van der Waals surface area contributed by atoms with Crippen LogP contribution in [0.3, 0.4) is 0 Å². The fourth-order valence-corrected chi connectivity index (χ4v) is 2.73. The number of rotatable bonds is 7. The molecule has 0 saturated heterocycles. The van der Waals surface area contributed by atoms with Gasteiger partial charge in [0.05, 0.1) is 25.3 Å². The summed E-state index contributed by atoms with van der Waals surface area (Å²) in [7, 11) is 1.66. The summed E-state index contributed by atoms with van der Waals surface area (Å²) >= 11 is 0. The van der Waals surface area contributed by atoms with Crippen molar-refractivity contribution in [2.24, 2.45) is 0 Å². The van der Waals surface area contributed by atoms with E-state index in [-0.39, 0.29) is 18.6 Å². The minimum Gasteiger partial charge on any atom is -0.491 e. The van der Waals surface area contributed by atoms with Gasteiger partial charge in [-0.1, -0.05) is 13.3 Å². The zero-order valence-corrected chi connectivity index (χ0v) is 16.6. The molecule has 31 heavy (non-hydrogen) atoms. The highest BCUT2D eigenvalue weighted by Crippen LogP contribution is 2.30. The highest BCUT2D eigenvalue weighted by molar-refractivity contribution is 6.10. The Morgan fingerprint density at radius 3 is 1.48 bits per heavy atom. The first-order chi connectivity index (χ1) is 14.6. The second-order valence-corrected chi connectivity index (χ2v) is 6.25. The fraction of sp³-hybridized carbons (Fsp3) is 0.300. The topological polar surface area (TPSA) is 55.8 Å². The van der Waals surface area contributed by atoms with Gasteiger partial charge in [-0.15, -0.1) is 0 Å². The molecule has 0 spiro atoms. The quantitative estimate of drug-likeness (QED) is 0.352. The van der Waals surface area contributed by atoms with E-state index >= 15 is 0 Å². The smallest absolute Gasteiger partial charge is 0.263 e. The van der Waals surface area contributed by atoms with Crippen LogP contribution in [0.2, 0.25) is 0 Å². The van der Waals surface area contributed by atoms with E-state index in [1.807, 2.05) is 0 Å². The van der Waals surface area contributed by atoms with Crippen LogP contribution in [-0.4, -0.2) is 37.5 Å². The van der Waals surface area contributed by atoms with Gasteiger partial charge in [0, 0.05) is 6.54 Å². The summed E-state index contributed by atoms with van der Waals surface area (Å²) in [5, 5.41) is 0. The second kappa shape index (κ2) is 9.71. The van der Waals surface area contributed by atoms with Crippen molar-refractivity contribution in [1.82, 2.24) is 4.90 Å². The molecule has 0 aromatic heterocycles. The number of hydrogen-bond donors (Lipinski definition) is 0. The lowest BCUT2D eigenvalue weighted by Crippen LogP contribution is -2.39. The minimum atomic E-state index is -1.70. The number of carbonyl (C=O) groups is 2. The van der Waals surface area contributed by atoms with Crippen LogP contribution in [0.25, 0.3) is 0 Å². The zero-order chi connectivity index (χ0) is 23.5. The fourth-order valence-electron chi connectivity index (χ4n) is 2.73. The average Bonchev–Trinajstić information content (AvgIpc) is 2.74. The van der Waals surface area contributed by atoms with E-state index in [4.69, 9.17) is 0 Å². The van der Waals surface area contributed by atoms with Gasteiger partial charge in [0.25, 0.3) is 11.8 Å². The Labute approximate surface area is 173 Å². The van der Waals surface area contributed by atoms with E-state index in [0.29, 0.717) is 11.3 Å². The van der Waals surface area contributed by atoms with Crippen LogP contribution < -0.4 is 9.47 Å². The van der Waals surface area contributed by atoms with Crippen LogP contribution in [0.4, 0.5) is 26.3 Å². The summed E-state index contributed by atoms with van der Waals surface area (Å²) in [6.45, 7) is 1.27. The van der Waals surface area contributed by atoms with E-state index in [9.17, 15) is 35.9 Å². The van der Waals surface area contributed by atoms with Gasteiger partial charge in [-0.05, 0) is 18.6 Å². The molecule has 0 aliphatic heterocycles. The summed E-state index contributed by atoms with van der Waals surface area (Å²) in [6.07, 6.45) is 0.576. The van der Waals surface area contributed by atoms with Crippen molar-refractivity contribution in [3.63, 3.8) is 0 Å². The molecule has 5 nitrogen and oxygen atoms in total. The van der Waals surface area contributed by atoms with E-state index in [1.54, 1.807) is 6.92 Å². The van der Waals surface area contributed by atoms with Crippen LogP contribution in [0.15, 0.2) is 12.1 Å². The minimum absolute atomic E-state index is 0.155. The summed E-state index contributed by atoms with van der Waals surface area (Å²) in [6, 6.07) is 0.424. The third-order valence-corrected chi connectivity index (χ3v) is 4.33. The highest BCUT2D eigenvalue weighted by Gasteiger charge is 2.33. The molecule has 2 rings (SSSR count). The Bertz CT molecular complexity index is 950. The second-order valence-electron chi connectivity index (χ2n) is 6.25. The molecule has 2 amide bonds. The van der Waals surface area contributed by atoms with Crippen LogP contribution in [0.5, 0.6) is 11.5 Å². The maximum Gasteiger partial charge on any atom is 0.263 e. The van der Waals surface area contributed by atoms with Gasteiger partial charge < -0.3 is 9.47 Å². The van der Waals surface area contributed by atoms with Gasteiger partial charge in [0.15, 0.2) is 34.8 Å².